The van der Waals surface area contributed by atoms with Crippen LogP contribution in [0.4, 0.5) is 17.5 Å². The molecule has 0 radical (unpaired) electrons. The molecule has 0 bridgehead atoms. The lowest BCUT2D eigenvalue weighted by atomic mass is 10.1. The fraction of sp³-hybridized carbons (Fsp3) is 0.200. The molecule has 6 heteroatoms. The van der Waals surface area contributed by atoms with Crippen molar-refractivity contribution in [3.63, 3.8) is 0 Å². The van der Waals surface area contributed by atoms with Crippen LogP contribution in [0.1, 0.15) is 5.56 Å². The molecule has 2 N–H and O–H groups in total. The maximum atomic E-state index is 6.13. The van der Waals surface area contributed by atoms with Gasteiger partial charge in [0.2, 0.25) is 5.95 Å². The third kappa shape index (κ3) is 4.71. The molecule has 0 aliphatic carbocycles. The summed E-state index contributed by atoms with van der Waals surface area (Å²) in [6.45, 7) is 3.23. The van der Waals surface area contributed by atoms with Gasteiger partial charge in [0.05, 0.1) is 12.3 Å². The Morgan fingerprint density at radius 1 is 1.04 bits per heavy atom. The lowest BCUT2D eigenvalue weighted by Gasteiger charge is -2.13. The van der Waals surface area contributed by atoms with E-state index in [0.717, 1.165) is 22.5 Å². The number of aryl methyl sites for hydroxylation is 1. The molecule has 0 saturated heterocycles. The molecule has 5 nitrogen and oxygen atoms in total. The molecule has 0 saturated carbocycles. The van der Waals surface area contributed by atoms with Crippen molar-refractivity contribution in [3.05, 3.63) is 65.2 Å². The SMILES string of the molecule is COCCNc1nc(Nc2cc(Cl)ccc2C)cc(-c2ccccc2)n1. The fourth-order valence-corrected chi connectivity index (χ4v) is 2.65. The van der Waals surface area contributed by atoms with Gasteiger partial charge in [-0.1, -0.05) is 48.0 Å². The fourth-order valence-electron chi connectivity index (χ4n) is 2.48. The highest BCUT2D eigenvalue weighted by molar-refractivity contribution is 6.30. The minimum absolute atomic E-state index is 0.547. The Morgan fingerprint density at radius 2 is 1.85 bits per heavy atom. The zero-order valence-electron chi connectivity index (χ0n) is 14.8. The van der Waals surface area contributed by atoms with Gasteiger partial charge in [-0.25, -0.2) is 4.98 Å². The lowest BCUT2D eigenvalue weighted by Crippen LogP contribution is -2.11. The molecule has 26 heavy (non-hydrogen) atoms. The number of nitrogens with one attached hydrogen (secondary N) is 2. The van der Waals surface area contributed by atoms with Gasteiger partial charge in [-0.3, -0.25) is 0 Å². The van der Waals surface area contributed by atoms with Gasteiger partial charge in [-0.15, -0.1) is 0 Å². The van der Waals surface area contributed by atoms with Crippen LogP contribution in [-0.2, 0) is 4.74 Å². The van der Waals surface area contributed by atoms with Crippen molar-refractivity contribution in [2.45, 2.75) is 6.92 Å². The van der Waals surface area contributed by atoms with Gasteiger partial charge in [-0.2, -0.15) is 4.98 Å². The molecule has 0 spiro atoms. The quantitative estimate of drug-likeness (QED) is 0.580. The molecule has 1 heterocycles. The molecule has 134 valence electrons. The van der Waals surface area contributed by atoms with Gasteiger partial charge in [0.1, 0.15) is 5.82 Å². The summed E-state index contributed by atoms with van der Waals surface area (Å²) in [7, 11) is 1.66. The monoisotopic (exact) mass is 368 g/mol. The highest BCUT2D eigenvalue weighted by atomic mass is 35.5. The summed E-state index contributed by atoms with van der Waals surface area (Å²) < 4.78 is 5.08. The van der Waals surface area contributed by atoms with Crippen molar-refractivity contribution < 1.29 is 4.74 Å². The molecule has 3 rings (SSSR count). The molecule has 3 aromatic rings. The molecule has 0 amide bonds. The van der Waals surface area contributed by atoms with Crippen molar-refractivity contribution in [1.29, 1.82) is 0 Å². The summed E-state index contributed by atoms with van der Waals surface area (Å²) in [6, 6.07) is 17.7. The van der Waals surface area contributed by atoms with E-state index in [1.165, 1.54) is 0 Å². The third-order valence-electron chi connectivity index (χ3n) is 3.85. The van der Waals surface area contributed by atoms with Crippen LogP contribution < -0.4 is 10.6 Å². The number of methoxy groups -OCH3 is 1. The lowest BCUT2D eigenvalue weighted by molar-refractivity contribution is 0.210. The summed E-state index contributed by atoms with van der Waals surface area (Å²) in [5, 5.41) is 7.22. The van der Waals surface area contributed by atoms with E-state index in [1.54, 1.807) is 7.11 Å². The Balaban J connectivity index is 1.95. The van der Waals surface area contributed by atoms with E-state index in [2.05, 4.69) is 20.6 Å². The third-order valence-corrected chi connectivity index (χ3v) is 4.08. The summed E-state index contributed by atoms with van der Waals surface area (Å²) >= 11 is 6.13. The predicted molar refractivity (Wildman–Crippen MR) is 107 cm³/mol. The minimum atomic E-state index is 0.547. The van der Waals surface area contributed by atoms with Crippen LogP contribution in [0.2, 0.25) is 5.02 Å². The van der Waals surface area contributed by atoms with Crippen LogP contribution in [-0.4, -0.2) is 30.2 Å². The van der Waals surface area contributed by atoms with E-state index in [9.17, 15) is 0 Å². The second-order valence-corrected chi connectivity index (χ2v) is 6.27. The topological polar surface area (TPSA) is 59.1 Å². The van der Waals surface area contributed by atoms with Crippen LogP contribution in [0, 0.1) is 6.92 Å². The van der Waals surface area contributed by atoms with E-state index in [4.69, 9.17) is 16.3 Å². The first-order chi connectivity index (χ1) is 12.7. The minimum Gasteiger partial charge on any atom is -0.383 e. The average Bonchev–Trinajstić information content (AvgIpc) is 2.65. The number of hydrogen-bond donors (Lipinski definition) is 2. The number of hydrogen-bond acceptors (Lipinski definition) is 5. The van der Waals surface area contributed by atoms with Gasteiger partial charge in [-0.05, 0) is 24.6 Å². The van der Waals surface area contributed by atoms with Crippen molar-refractivity contribution in [2.24, 2.45) is 0 Å². The average molecular weight is 369 g/mol. The normalized spacial score (nSPS) is 10.6. The first-order valence-electron chi connectivity index (χ1n) is 8.36. The van der Waals surface area contributed by atoms with Crippen molar-refractivity contribution >= 4 is 29.1 Å². The second-order valence-electron chi connectivity index (χ2n) is 5.83. The number of halogens is 1. The van der Waals surface area contributed by atoms with E-state index >= 15 is 0 Å². The molecular weight excluding hydrogens is 348 g/mol. The molecule has 0 aliphatic rings. The molecule has 0 aliphatic heterocycles. The molecule has 0 fully saturated rings. The van der Waals surface area contributed by atoms with Crippen LogP contribution >= 0.6 is 11.6 Å². The number of aromatic nitrogens is 2. The number of ether oxygens (including phenoxy) is 1. The Morgan fingerprint density at radius 3 is 2.62 bits per heavy atom. The summed E-state index contributed by atoms with van der Waals surface area (Å²) in [6.07, 6.45) is 0. The zero-order chi connectivity index (χ0) is 18.4. The first kappa shape index (κ1) is 18.2. The van der Waals surface area contributed by atoms with Gasteiger partial charge in [0, 0.05) is 36.0 Å². The molecule has 1 aromatic heterocycles. The zero-order valence-corrected chi connectivity index (χ0v) is 15.5. The van der Waals surface area contributed by atoms with E-state index < -0.39 is 0 Å². The smallest absolute Gasteiger partial charge is 0.225 e. The van der Waals surface area contributed by atoms with Gasteiger partial charge in [0.25, 0.3) is 0 Å². The largest absolute Gasteiger partial charge is 0.383 e. The summed E-state index contributed by atoms with van der Waals surface area (Å²) in [5.74, 6) is 1.25. The number of anilines is 3. The number of nitrogens with zero attached hydrogens (tertiary/aromatic N) is 2. The van der Waals surface area contributed by atoms with Crippen molar-refractivity contribution in [1.82, 2.24) is 9.97 Å². The summed E-state index contributed by atoms with van der Waals surface area (Å²) in [5.41, 5.74) is 3.86. The van der Waals surface area contributed by atoms with Crippen LogP contribution in [0.15, 0.2) is 54.6 Å². The Hall–Kier alpha value is -2.63. The second kappa shape index (κ2) is 8.65. The van der Waals surface area contributed by atoms with E-state index in [0.29, 0.717) is 29.9 Å². The predicted octanol–water partition coefficient (Wildman–Crippen LogP) is 4.91. The summed E-state index contributed by atoms with van der Waals surface area (Å²) in [4.78, 5) is 9.18. The number of benzene rings is 2. The van der Waals surface area contributed by atoms with Crippen LogP contribution in [0.3, 0.4) is 0 Å². The van der Waals surface area contributed by atoms with Gasteiger partial charge >= 0.3 is 0 Å². The van der Waals surface area contributed by atoms with E-state index in [1.807, 2.05) is 61.5 Å². The Labute approximate surface area is 158 Å². The van der Waals surface area contributed by atoms with Crippen LogP contribution in [0.25, 0.3) is 11.3 Å². The molecule has 2 aromatic carbocycles. The Kier molecular flexibility index (Phi) is 6.04. The highest BCUT2D eigenvalue weighted by Gasteiger charge is 2.08. The van der Waals surface area contributed by atoms with Gasteiger partial charge < -0.3 is 15.4 Å². The molecule has 0 atom stereocenters. The van der Waals surface area contributed by atoms with Gasteiger partial charge in [0.15, 0.2) is 0 Å². The highest BCUT2D eigenvalue weighted by Crippen LogP contribution is 2.26. The van der Waals surface area contributed by atoms with E-state index in [-0.39, 0.29) is 0 Å². The maximum absolute atomic E-state index is 6.13. The van der Waals surface area contributed by atoms with Crippen molar-refractivity contribution in [3.8, 4) is 11.3 Å². The standard InChI is InChI=1S/C20H21ClN4O/c1-14-8-9-16(21)12-17(14)23-19-13-18(15-6-4-3-5-7-15)24-20(25-19)22-10-11-26-2/h3-9,12-13H,10-11H2,1-2H3,(H2,22,23,24,25). The first-order valence-corrected chi connectivity index (χ1v) is 8.74. The molecular formula is C20H21ClN4O. The maximum Gasteiger partial charge on any atom is 0.225 e. The Bertz CT molecular complexity index is 871. The molecule has 0 unspecified atom stereocenters. The van der Waals surface area contributed by atoms with Crippen molar-refractivity contribution in [2.75, 3.05) is 30.9 Å². The number of rotatable bonds is 7. The van der Waals surface area contributed by atoms with Crippen LogP contribution in [0.5, 0.6) is 0 Å².